The Morgan fingerprint density at radius 3 is 2.52 bits per heavy atom. The fourth-order valence-electron chi connectivity index (χ4n) is 3.47. The largest absolute Gasteiger partial charge is 0.493 e. The molecule has 0 aliphatic carbocycles. The van der Waals surface area contributed by atoms with Gasteiger partial charge in [-0.15, -0.1) is 0 Å². The second-order valence-electron chi connectivity index (χ2n) is 6.79. The Labute approximate surface area is 148 Å². The van der Waals surface area contributed by atoms with Crippen LogP contribution in [0.25, 0.3) is 0 Å². The highest BCUT2D eigenvalue weighted by Crippen LogP contribution is 2.29. The van der Waals surface area contributed by atoms with Crippen LogP contribution in [-0.4, -0.2) is 49.2 Å². The van der Waals surface area contributed by atoms with Crippen molar-refractivity contribution < 1.29 is 24.2 Å². The Bertz CT molecular complexity index is 630. The number of ether oxygens (including phenoxy) is 2. The summed E-state index contributed by atoms with van der Waals surface area (Å²) in [5.41, 5.74) is 1.01. The number of nitrogens with zero attached hydrogens (tertiary/aromatic N) is 1. The van der Waals surface area contributed by atoms with E-state index in [1.54, 1.807) is 19.1 Å². The van der Waals surface area contributed by atoms with Crippen molar-refractivity contribution in [2.24, 2.45) is 17.8 Å². The van der Waals surface area contributed by atoms with E-state index in [0.717, 1.165) is 5.56 Å². The molecule has 3 unspecified atom stereocenters. The van der Waals surface area contributed by atoms with E-state index in [1.165, 1.54) is 0 Å². The van der Waals surface area contributed by atoms with Gasteiger partial charge in [-0.1, -0.05) is 19.9 Å². The second kappa shape index (κ2) is 8.23. The predicted octanol–water partition coefficient (Wildman–Crippen LogP) is 2.45. The van der Waals surface area contributed by atoms with Crippen molar-refractivity contribution in [2.75, 3.05) is 27.3 Å². The molecule has 1 N–H and O–H groups in total. The average Bonchev–Trinajstić information content (AvgIpc) is 2.60. The van der Waals surface area contributed by atoms with Crippen molar-refractivity contribution in [3.05, 3.63) is 23.8 Å². The summed E-state index contributed by atoms with van der Waals surface area (Å²) in [7, 11) is 3.18. The van der Waals surface area contributed by atoms with E-state index in [9.17, 15) is 14.7 Å². The molecule has 2 rings (SSSR count). The third-order valence-electron chi connectivity index (χ3n) is 4.95. The molecular weight excluding hydrogens is 322 g/mol. The van der Waals surface area contributed by atoms with E-state index in [1.807, 2.05) is 32.0 Å². The average molecular weight is 349 g/mol. The molecule has 138 valence electrons. The van der Waals surface area contributed by atoms with E-state index in [-0.39, 0.29) is 23.7 Å². The molecule has 0 radical (unpaired) electrons. The van der Waals surface area contributed by atoms with Crippen LogP contribution in [0, 0.1) is 17.8 Å². The minimum atomic E-state index is -0.766. The Morgan fingerprint density at radius 2 is 1.96 bits per heavy atom. The van der Waals surface area contributed by atoms with Gasteiger partial charge in [0, 0.05) is 19.0 Å². The van der Waals surface area contributed by atoms with Crippen LogP contribution in [0.15, 0.2) is 18.2 Å². The van der Waals surface area contributed by atoms with Crippen LogP contribution in [0.5, 0.6) is 11.5 Å². The van der Waals surface area contributed by atoms with Gasteiger partial charge in [0.2, 0.25) is 5.91 Å². The molecule has 1 aromatic rings. The van der Waals surface area contributed by atoms with Gasteiger partial charge in [0.05, 0.1) is 20.1 Å². The van der Waals surface area contributed by atoms with Crippen molar-refractivity contribution >= 4 is 11.9 Å². The maximum atomic E-state index is 12.7. The fourth-order valence-corrected chi connectivity index (χ4v) is 3.47. The smallest absolute Gasteiger partial charge is 0.306 e. The molecule has 1 saturated heterocycles. The molecule has 25 heavy (non-hydrogen) atoms. The van der Waals surface area contributed by atoms with Gasteiger partial charge in [-0.25, -0.2) is 0 Å². The molecule has 1 aliphatic heterocycles. The number of carbonyl (C=O) groups excluding carboxylic acids is 1. The van der Waals surface area contributed by atoms with Crippen LogP contribution >= 0.6 is 0 Å². The molecule has 6 heteroatoms. The van der Waals surface area contributed by atoms with Crippen LogP contribution < -0.4 is 9.47 Å². The zero-order valence-electron chi connectivity index (χ0n) is 15.3. The molecule has 0 aromatic heterocycles. The van der Waals surface area contributed by atoms with Crippen LogP contribution in [0.4, 0.5) is 0 Å². The van der Waals surface area contributed by atoms with Crippen LogP contribution in [-0.2, 0) is 16.0 Å². The first-order valence-corrected chi connectivity index (χ1v) is 8.59. The molecule has 1 fully saturated rings. The van der Waals surface area contributed by atoms with Crippen molar-refractivity contribution in [3.63, 3.8) is 0 Å². The highest BCUT2D eigenvalue weighted by molar-refractivity contribution is 5.79. The minimum absolute atomic E-state index is 0.0246. The number of methoxy groups -OCH3 is 2. The van der Waals surface area contributed by atoms with Gasteiger partial charge < -0.3 is 19.5 Å². The normalized spacial score (nSPS) is 21.5. The third kappa shape index (κ3) is 4.44. The topological polar surface area (TPSA) is 76.1 Å². The summed E-state index contributed by atoms with van der Waals surface area (Å²) in [5.74, 6) is 0.0640. The maximum Gasteiger partial charge on any atom is 0.306 e. The summed E-state index contributed by atoms with van der Waals surface area (Å²) in [5, 5.41) is 9.20. The van der Waals surface area contributed by atoms with Gasteiger partial charge in [0.25, 0.3) is 0 Å². The lowest BCUT2D eigenvalue weighted by atomic mass is 9.86. The lowest BCUT2D eigenvalue weighted by Crippen LogP contribution is -2.47. The number of carboxylic acid groups (broad SMARTS) is 1. The lowest BCUT2D eigenvalue weighted by molar-refractivity contribution is -0.149. The highest BCUT2D eigenvalue weighted by Gasteiger charge is 2.34. The number of benzene rings is 1. The van der Waals surface area contributed by atoms with Crippen molar-refractivity contribution in [1.29, 1.82) is 0 Å². The molecule has 6 nitrogen and oxygen atoms in total. The standard InChI is InChI=1S/C19H27NO5/c1-12(9-14-5-6-16(24-3)17(10-14)25-4)18(21)20-8-7-15(19(22)23)13(2)11-20/h5-6,10,12-13,15H,7-9,11H2,1-4H3,(H,22,23). The second-order valence-corrected chi connectivity index (χ2v) is 6.79. The van der Waals surface area contributed by atoms with Gasteiger partial charge >= 0.3 is 5.97 Å². The number of likely N-dealkylation sites (tertiary alicyclic amines) is 1. The fraction of sp³-hybridized carbons (Fsp3) is 0.579. The first-order valence-electron chi connectivity index (χ1n) is 8.59. The maximum absolute atomic E-state index is 12.7. The molecule has 0 spiro atoms. The van der Waals surface area contributed by atoms with Crippen molar-refractivity contribution in [1.82, 2.24) is 4.90 Å². The Kier molecular flexibility index (Phi) is 6.28. The number of carboxylic acids is 1. The first-order chi connectivity index (χ1) is 11.9. The first kappa shape index (κ1) is 19.1. The number of hydrogen-bond acceptors (Lipinski definition) is 4. The number of piperidine rings is 1. The Hall–Kier alpha value is -2.24. The number of carbonyl (C=O) groups is 2. The predicted molar refractivity (Wildman–Crippen MR) is 93.9 cm³/mol. The van der Waals surface area contributed by atoms with E-state index < -0.39 is 5.97 Å². The summed E-state index contributed by atoms with van der Waals surface area (Å²) >= 11 is 0. The van der Waals surface area contributed by atoms with Crippen LogP contribution in [0.1, 0.15) is 25.8 Å². The number of aliphatic carboxylic acids is 1. The summed E-state index contributed by atoms with van der Waals surface area (Å²) < 4.78 is 10.5. The molecule has 1 aromatic carbocycles. The summed E-state index contributed by atoms with van der Waals surface area (Å²) in [6.07, 6.45) is 1.12. The molecule has 0 saturated carbocycles. The van der Waals surface area contributed by atoms with E-state index in [4.69, 9.17) is 9.47 Å². The zero-order chi connectivity index (χ0) is 18.6. The number of rotatable bonds is 6. The van der Waals surface area contributed by atoms with Crippen LogP contribution in [0.3, 0.4) is 0 Å². The summed E-state index contributed by atoms with van der Waals surface area (Å²) in [6.45, 7) is 4.83. The monoisotopic (exact) mass is 349 g/mol. The molecule has 0 bridgehead atoms. The number of hydrogen-bond donors (Lipinski definition) is 1. The molecule has 1 amide bonds. The lowest BCUT2D eigenvalue weighted by Gasteiger charge is -2.36. The third-order valence-corrected chi connectivity index (χ3v) is 4.95. The van der Waals surface area contributed by atoms with Gasteiger partial charge in [0.1, 0.15) is 0 Å². The van der Waals surface area contributed by atoms with E-state index >= 15 is 0 Å². The quantitative estimate of drug-likeness (QED) is 0.854. The van der Waals surface area contributed by atoms with Gasteiger partial charge in [-0.2, -0.15) is 0 Å². The van der Waals surface area contributed by atoms with E-state index in [2.05, 4.69) is 0 Å². The van der Waals surface area contributed by atoms with Gasteiger partial charge in [-0.05, 0) is 36.5 Å². The van der Waals surface area contributed by atoms with Gasteiger partial charge in [-0.3, -0.25) is 9.59 Å². The minimum Gasteiger partial charge on any atom is -0.493 e. The highest BCUT2D eigenvalue weighted by atomic mass is 16.5. The van der Waals surface area contributed by atoms with Crippen molar-refractivity contribution in [3.8, 4) is 11.5 Å². The van der Waals surface area contributed by atoms with Crippen LogP contribution in [0.2, 0.25) is 0 Å². The summed E-state index contributed by atoms with van der Waals surface area (Å²) in [4.78, 5) is 25.7. The summed E-state index contributed by atoms with van der Waals surface area (Å²) in [6, 6.07) is 5.66. The SMILES string of the molecule is COc1ccc(CC(C)C(=O)N2CCC(C(=O)O)C(C)C2)cc1OC. The molecule has 1 heterocycles. The van der Waals surface area contributed by atoms with E-state index in [0.29, 0.717) is 37.4 Å². The van der Waals surface area contributed by atoms with Gasteiger partial charge in [0.15, 0.2) is 11.5 Å². The Morgan fingerprint density at radius 1 is 1.28 bits per heavy atom. The molecule has 3 atom stereocenters. The molecule has 1 aliphatic rings. The van der Waals surface area contributed by atoms with Crippen molar-refractivity contribution in [2.45, 2.75) is 26.7 Å². The number of amides is 1. The molecular formula is C19H27NO5. The zero-order valence-corrected chi connectivity index (χ0v) is 15.3. The Balaban J connectivity index is 2.00.